The zero-order chi connectivity index (χ0) is 12.3. The minimum absolute atomic E-state index is 0.134. The van der Waals surface area contributed by atoms with Crippen LogP contribution in [0.1, 0.15) is 34.1 Å². The maximum atomic E-state index is 11.7. The van der Waals surface area contributed by atoms with Crippen LogP contribution < -0.4 is 5.73 Å². The third-order valence-electron chi connectivity index (χ3n) is 1.87. The summed E-state index contributed by atoms with van der Waals surface area (Å²) < 4.78 is 9.53. The second kappa shape index (κ2) is 4.61. The largest absolute Gasteiger partial charge is 0.467 e. The zero-order valence-corrected chi connectivity index (χ0v) is 9.92. The molecule has 0 aliphatic carbocycles. The molecule has 1 atom stereocenters. The van der Waals surface area contributed by atoms with Crippen LogP contribution in [0.15, 0.2) is 0 Å². The van der Waals surface area contributed by atoms with Crippen LogP contribution in [0.4, 0.5) is 0 Å². The molecule has 88 valence electrons. The standard InChI is InChI=1S/C10H19NO4/c1-6-10(11,7(12)14-5)8(13)15-9(2,3)4/h6,11H2,1-5H3. The molecule has 15 heavy (non-hydrogen) atoms. The number of hydrogen-bond acceptors (Lipinski definition) is 5. The predicted molar refractivity (Wildman–Crippen MR) is 55.1 cm³/mol. The van der Waals surface area contributed by atoms with Crippen molar-refractivity contribution in [2.45, 2.75) is 45.3 Å². The number of rotatable bonds is 3. The van der Waals surface area contributed by atoms with Crippen molar-refractivity contribution < 1.29 is 19.1 Å². The summed E-state index contributed by atoms with van der Waals surface area (Å²) in [7, 11) is 1.18. The summed E-state index contributed by atoms with van der Waals surface area (Å²) in [5.41, 5.74) is 3.27. The smallest absolute Gasteiger partial charge is 0.338 e. The van der Waals surface area contributed by atoms with Crippen LogP contribution in [0.25, 0.3) is 0 Å². The van der Waals surface area contributed by atoms with Crippen LogP contribution in [0.2, 0.25) is 0 Å². The molecule has 2 N–H and O–H groups in total. The van der Waals surface area contributed by atoms with Gasteiger partial charge in [-0.3, -0.25) is 0 Å². The van der Waals surface area contributed by atoms with E-state index in [1.54, 1.807) is 27.7 Å². The average molecular weight is 217 g/mol. The van der Waals surface area contributed by atoms with Crippen molar-refractivity contribution >= 4 is 11.9 Å². The van der Waals surface area contributed by atoms with Crippen molar-refractivity contribution in [1.29, 1.82) is 0 Å². The Morgan fingerprint density at radius 1 is 1.20 bits per heavy atom. The number of methoxy groups -OCH3 is 1. The van der Waals surface area contributed by atoms with E-state index in [0.717, 1.165) is 0 Å². The van der Waals surface area contributed by atoms with E-state index in [9.17, 15) is 9.59 Å². The summed E-state index contributed by atoms with van der Waals surface area (Å²) in [5.74, 6) is -1.54. The van der Waals surface area contributed by atoms with Gasteiger partial charge in [0, 0.05) is 0 Å². The molecule has 0 aromatic carbocycles. The normalized spacial score (nSPS) is 15.3. The molecule has 1 unspecified atom stereocenters. The van der Waals surface area contributed by atoms with Gasteiger partial charge in [-0.2, -0.15) is 0 Å². The topological polar surface area (TPSA) is 78.6 Å². The van der Waals surface area contributed by atoms with Crippen LogP contribution in [0.5, 0.6) is 0 Å². The number of ether oxygens (including phenoxy) is 2. The fraction of sp³-hybridized carbons (Fsp3) is 0.800. The Kier molecular flexibility index (Phi) is 4.27. The van der Waals surface area contributed by atoms with Gasteiger partial charge in [0.2, 0.25) is 5.54 Å². The van der Waals surface area contributed by atoms with Gasteiger partial charge >= 0.3 is 11.9 Å². The van der Waals surface area contributed by atoms with Gasteiger partial charge in [0.15, 0.2) is 0 Å². The Hall–Kier alpha value is -1.10. The highest BCUT2D eigenvalue weighted by atomic mass is 16.6. The van der Waals surface area contributed by atoms with Gasteiger partial charge in [-0.25, -0.2) is 9.59 Å². The van der Waals surface area contributed by atoms with Crippen molar-refractivity contribution in [3.63, 3.8) is 0 Å². The van der Waals surface area contributed by atoms with Crippen LogP contribution in [-0.4, -0.2) is 30.2 Å². The molecule has 0 radical (unpaired) electrons. The average Bonchev–Trinajstić information content (AvgIpc) is 2.12. The minimum atomic E-state index is -1.71. The first-order valence-electron chi connectivity index (χ1n) is 4.78. The highest BCUT2D eigenvalue weighted by molar-refractivity contribution is 6.04. The Bertz CT molecular complexity index is 257. The molecule has 0 aliphatic heterocycles. The van der Waals surface area contributed by atoms with E-state index in [-0.39, 0.29) is 6.42 Å². The Morgan fingerprint density at radius 2 is 1.67 bits per heavy atom. The molecule has 0 saturated carbocycles. The minimum Gasteiger partial charge on any atom is -0.467 e. The number of esters is 2. The van der Waals surface area contributed by atoms with Crippen molar-refractivity contribution in [3.8, 4) is 0 Å². The van der Waals surface area contributed by atoms with Gasteiger partial charge in [0.25, 0.3) is 0 Å². The summed E-state index contributed by atoms with van der Waals surface area (Å²) in [4.78, 5) is 23.0. The number of carbonyl (C=O) groups excluding carboxylic acids is 2. The van der Waals surface area contributed by atoms with Crippen molar-refractivity contribution in [2.75, 3.05) is 7.11 Å². The third-order valence-corrected chi connectivity index (χ3v) is 1.87. The van der Waals surface area contributed by atoms with Crippen LogP contribution in [-0.2, 0) is 19.1 Å². The van der Waals surface area contributed by atoms with E-state index in [0.29, 0.717) is 0 Å². The summed E-state index contributed by atoms with van der Waals surface area (Å²) in [6, 6.07) is 0. The second-order valence-corrected chi connectivity index (χ2v) is 4.32. The number of carbonyl (C=O) groups is 2. The first kappa shape index (κ1) is 13.9. The third kappa shape index (κ3) is 3.51. The highest BCUT2D eigenvalue weighted by Gasteiger charge is 2.44. The maximum absolute atomic E-state index is 11.7. The van der Waals surface area contributed by atoms with E-state index >= 15 is 0 Å². The fourth-order valence-electron chi connectivity index (χ4n) is 0.923. The van der Waals surface area contributed by atoms with Crippen LogP contribution in [0.3, 0.4) is 0 Å². The van der Waals surface area contributed by atoms with Crippen molar-refractivity contribution in [3.05, 3.63) is 0 Å². The van der Waals surface area contributed by atoms with Crippen molar-refractivity contribution in [1.82, 2.24) is 0 Å². The second-order valence-electron chi connectivity index (χ2n) is 4.32. The van der Waals surface area contributed by atoms with Gasteiger partial charge in [-0.1, -0.05) is 6.92 Å². The van der Waals surface area contributed by atoms with Gasteiger partial charge in [-0.05, 0) is 27.2 Å². The van der Waals surface area contributed by atoms with E-state index < -0.39 is 23.1 Å². The first-order chi connectivity index (χ1) is 6.67. The molecule has 5 nitrogen and oxygen atoms in total. The molecular weight excluding hydrogens is 198 g/mol. The Labute approximate surface area is 89.9 Å². The van der Waals surface area contributed by atoms with E-state index in [1.165, 1.54) is 7.11 Å². The highest BCUT2D eigenvalue weighted by Crippen LogP contribution is 2.16. The molecule has 0 aromatic heterocycles. The lowest BCUT2D eigenvalue weighted by Crippen LogP contribution is -2.57. The molecule has 0 spiro atoms. The van der Waals surface area contributed by atoms with Gasteiger partial charge in [0.05, 0.1) is 7.11 Å². The lowest BCUT2D eigenvalue weighted by molar-refractivity contribution is -0.170. The quantitative estimate of drug-likeness (QED) is 0.553. The van der Waals surface area contributed by atoms with Gasteiger partial charge in [-0.15, -0.1) is 0 Å². The number of hydrogen-bond donors (Lipinski definition) is 1. The van der Waals surface area contributed by atoms with E-state index in [4.69, 9.17) is 10.5 Å². The van der Waals surface area contributed by atoms with Crippen molar-refractivity contribution in [2.24, 2.45) is 5.73 Å². The SMILES string of the molecule is CCC(N)(C(=O)OC)C(=O)OC(C)(C)C. The van der Waals surface area contributed by atoms with Crippen LogP contribution >= 0.6 is 0 Å². The molecule has 0 rings (SSSR count). The lowest BCUT2D eigenvalue weighted by atomic mass is 9.97. The Balaban J connectivity index is 4.82. The summed E-state index contributed by atoms with van der Waals surface area (Å²) in [5, 5.41) is 0. The fourth-order valence-corrected chi connectivity index (χ4v) is 0.923. The summed E-state index contributed by atoms with van der Waals surface area (Å²) >= 11 is 0. The maximum Gasteiger partial charge on any atom is 0.338 e. The van der Waals surface area contributed by atoms with E-state index in [1.807, 2.05) is 0 Å². The first-order valence-corrected chi connectivity index (χ1v) is 4.78. The van der Waals surface area contributed by atoms with E-state index in [2.05, 4.69) is 4.74 Å². The summed E-state index contributed by atoms with van der Waals surface area (Å²) in [6.07, 6.45) is 0.134. The zero-order valence-electron chi connectivity index (χ0n) is 9.92. The molecule has 0 fully saturated rings. The predicted octanol–water partition coefficient (Wildman–Crippen LogP) is 0.609. The van der Waals surface area contributed by atoms with Crippen LogP contribution in [0, 0.1) is 0 Å². The molecule has 0 heterocycles. The lowest BCUT2D eigenvalue weighted by Gasteiger charge is -2.28. The molecule has 0 saturated heterocycles. The Morgan fingerprint density at radius 3 is 1.93 bits per heavy atom. The molecule has 0 aromatic rings. The summed E-state index contributed by atoms with van der Waals surface area (Å²) in [6.45, 7) is 6.75. The molecule has 0 bridgehead atoms. The molecule has 0 amide bonds. The number of nitrogens with two attached hydrogens (primary N) is 1. The molecular formula is C10H19NO4. The monoisotopic (exact) mass is 217 g/mol. The van der Waals surface area contributed by atoms with Gasteiger partial charge in [0.1, 0.15) is 5.60 Å². The molecule has 0 aliphatic rings. The van der Waals surface area contributed by atoms with Gasteiger partial charge < -0.3 is 15.2 Å². The molecule has 5 heteroatoms.